The molecule has 0 bridgehead atoms. The maximum absolute atomic E-state index is 12.6. The number of nitrogens with two attached hydrogens (primary N) is 1. The SMILES string of the molecule is NCc1ccc(C(F)(F)F)nc1OCC1CCCC1. The number of hydrogen-bond donors (Lipinski definition) is 1. The molecule has 0 amide bonds. The van der Waals surface area contributed by atoms with Gasteiger partial charge in [-0.1, -0.05) is 18.9 Å². The van der Waals surface area contributed by atoms with E-state index in [1.165, 1.54) is 6.07 Å². The van der Waals surface area contributed by atoms with Crippen molar-refractivity contribution in [3.05, 3.63) is 23.4 Å². The van der Waals surface area contributed by atoms with Crippen molar-refractivity contribution in [1.29, 1.82) is 0 Å². The van der Waals surface area contributed by atoms with Crippen molar-refractivity contribution in [1.82, 2.24) is 4.98 Å². The van der Waals surface area contributed by atoms with Crippen LogP contribution in [0, 0.1) is 5.92 Å². The summed E-state index contributed by atoms with van der Waals surface area (Å²) in [5.74, 6) is 0.436. The Labute approximate surface area is 110 Å². The van der Waals surface area contributed by atoms with Crippen molar-refractivity contribution in [3.8, 4) is 5.88 Å². The lowest BCUT2D eigenvalue weighted by Gasteiger charge is -2.15. The monoisotopic (exact) mass is 274 g/mol. The Hall–Kier alpha value is -1.30. The maximum Gasteiger partial charge on any atom is 0.433 e. The molecule has 2 N–H and O–H groups in total. The molecule has 1 saturated carbocycles. The zero-order valence-electron chi connectivity index (χ0n) is 10.5. The second kappa shape index (κ2) is 5.77. The number of rotatable bonds is 4. The maximum atomic E-state index is 12.6. The third-order valence-corrected chi connectivity index (χ3v) is 3.38. The zero-order valence-corrected chi connectivity index (χ0v) is 10.5. The van der Waals surface area contributed by atoms with Crippen molar-refractivity contribution in [2.75, 3.05) is 6.61 Å². The minimum absolute atomic E-state index is 0.0178. The summed E-state index contributed by atoms with van der Waals surface area (Å²) < 4.78 is 43.2. The van der Waals surface area contributed by atoms with E-state index >= 15 is 0 Å². The fourth-order valence-electron chi connectivity index (χ4n) is 2.28. The predicted molar refractivity (Wildman–Crippen MR) is 64.6 cm³/mol. The van der Waals surface area contributed by atoms with Gasteiger partial charge in [0.1, 0.15) is 5.69 Å². The lowest BCUT2D eigenvalue weighted by molar-refractivity contribution is -0.141. The lowest BCUT2D eigenvalue weighted by atomic mass is 10.1. The molecular weight excluding hydrogens is 257 g/mol. The second-order valence-corrected chi connectivity index (χ2v) is 4.82. The van der Waals surface area contributed by atoms with Crippen LogP contribution in [-0.2, 0) is 12.7 Å². The first-order valence-corrected chi connectivity index (χ1v) is 6.40. The molecule has 0 unspecified atom stereocenters. The summed E-state index contributed by atoms with van der Waals surface area (Å²) in [5, 5.41) is 0. The number of hydrogen-bond acceptors (Lipinski definition) is 3. The van der Waals surface area contributed by atoms with Gasteiger partial charge in [0.2, 0.25) is 5.88 Å². The van der Waals surface area contributed by atoms with E-state index in [2.05, 4.69) is 4.98 Å². The van der Waals surface area contributed by atoms with Crippen LogP contribution < -0.4 is 10.5 Å². The molecule has 1 aliphatic carbocycles. The first-order chi connectivity index (χ1) is 9.00. The van der Waals surface area contributed by atoms with Crippen LogP contribution in [0.2, 0.25) is 0 Å². The first-order valence-electron chi connectivity index (χ1n) is 6.40. The van der Waals surface area contributed by atoms with E-state index in [9.17, 15) is 13.2 Å². The van der Waals surface area contributed by atoms with Gasteiger partial charge < -0.3 is 10.5 Å². The van der Waals surface area contributed by atoms with Gasteiger partial charge >= 0.3 is 6.18 Å². The highest BCUT2D eigenvalue weighted by molar-refractivity contribution is 5.29. The van der Waals surface area contributed by atoms with Crippen molar-refractivity contribution in [2.24, 2.45) is 11.7 Å². The summed E-state index contributed by atoms with van der Waals surface area (Å²) in [7, 11) is 0. The van der Waals surface area contributed by atoms with Gasteiger partial charge in [-0.2, -0.15) is 13.2 Å². The summed E-state index contributed by atoms with van der Waals surface area (Å²) in [6, 6.07) is 2.27. The predicted octanol–water partition coefficient (Wildman–Crippen LogP) is 3.13. The smallest absolute Gasteiger partial charge is 0.433 e. The molecule has 1 aromatic rings. The first kappa shape index (κ1) is 14.1. The number of alkyl halides is 3. The highest BCUT2D eigenvalue weighted by Crippen LogP contribution is 2.31. The van der Waals surface area contributed by atoms with Gasteiger partial charge in [-0.15, -0.1) is 0 Å². The molecule has 0 aliphatic heterocycles. The summed E-state index contributed by atoms with van der Waals surface area (Å²) in [6.07, 6.45) is -0.00593. The highest BCUT2D eigenvalue weighted by atomic mass is 19.4. The fraction of sp³-hybridized carbons (Fsp3) is 0.615. The number of aromatic nitrogens is 1. The molecule has 1 fully saturated rings. The molecule has 19 heavy (non-hydrogen) atoms. The van der Waals surface area contributed by atoms with E-state index in [-0.39, 0.29) is 12.4 Å². The fourth-order valence-corrected chi connectivity index (χ4v) is 2.28. The van der Waals surface area contributed by atoms with Crippen molar-refractivity contribution in [3.63, 3.8) is 0 Å². The van der Waals surface area contributed by atoms with E-state index in [0.29, 0.717) is 18.1 Å². The normalized spacial score (nSPS) is 16.8. The van der Waals surface area contributed by atoms with Gasteiger partial charge in [0.05, 0.1) is 6.61 Å². The van der Waals surface area contributed by atoms with Crippen LogP contribution in [0.4, 0.5) is 13.2 Å². The van der Waals surface area contributed by atoms with Crippen LogP contribution in [0.15, 0.2) is 12.1 Å². The molecule has 0 saturated heterocycles. The minimum Gasteiger partial charge on any atom is -0.477 e. The molecule has 1 aromatic heterocycles. The molecule has 3 nitrogen and oxygen atoms in total. The molecule has 0 aromatic carbocycles. The van der Waals surface area contributed by atoms with E-state index < -0.39 is 11.9 Å². The van der Waals surface area contributed by atoms with Gasteiger partial charge in [0.25, 0.3) is 0 Å². The standard InChI is InChI=1S/C13H17F3N2O/c14-13(15,16)11-6-5-10(7-17)12(18-11)19-8-9-3-1-2-4-9/h5-6,9H,1-4,7-8,17H2. The van der Waals surface area contributed by atoms with Gasteiger partial charge in [0.15, 0.2) is 0 Å². The van der Waals surface area contributed by atoms with E-state index in [4.69, 9.17) is 10.5 Å². The minimum atomic E-state index is -4.46. The molecule has 0 atom stereocenters. The third-order valence-electron chi connectivity index (χ3n) is 3.38. The van der Waals surface area contributed by atoms with Crippen LogP contribution in [0.5, 0.6) is 5.88 Å². The summed E-state index contributed by atoms with van der Waals surface area (Å²) in [4.78, 5) is 3.55. The quantitative estimate of drug-likeness (QED) is 0.917. The average Bonchev–Trinajstić information content (AvgIpc) is 2.88. The van der Waals surface area contributed by atoms with Crippen LogP contribution in [0.1, 0.15) is 36.9 Å². The number of pyridine rings is 1. The Kier molecular flexibility index (Phi) is 4.29. The highest BCUT2D eigenvalue weighted by Gasteiger charge is 2.33. The molecule has 1 aliphatic rings. The summed E-state index contributed by atoms with van der Waals surface area (Å²) >= 11 is 0. The largest absolute Gasteiger partial charge is 0.477 e. The molecular formula is C13H17F3N2O. The molecule has 6 heteroatoms. The molecule has 2 rings (SSSR count). The van der Waals surface area contributed by atoms with Crippen LogP contribution in [0.25, 0.3) is 0 Å². The Morgan fingerprint density at radius 1 is 1.26 bits per heavy atom. The van der Waals surface area contributed by atoms with Gasteiger partial charge in [-0.05, 0) is 24.8 Å². The molecule has 106 valence electrons. The second-order valence-electron chi connectivity index (χ2n) is 4.82. The Bertz CT molecular complexity index is 428. The van der Waals surface area contributed by atoms with Gasteiger partial charge in [-0.25, -0.2) is 4.98 Å². The third kappa shape index (κ3) is 3.59. The number of halogens is 3. The van der Waals surface area contributed by atoms with Crippen molar-refractivity contribution < 1.29 is 17.9 Å². The molecule has 0 spiro atoms. The van der Waals surface area contributed by atoms with E-state index in [0.717, 1.165) is 31.7 Å². The van der Waals surface area contributed by atoms with Crippen LogP contribution in [-0.4, -0.2) is 11.6 Å². The lowest BCUT2D eigenvalue weighted by Crippen LogP contribution is -2.15. The van der Waals surface area contributed by atoms with E-state index in [1.54, 1.807) is 0 Å². The summed E-state index contributed by atoms with van der Waals surface area (Å²) in [6.45, 7) is 0.534. The van der Waals surface area contributed by atoms with Crippen molar-refractivity contribution >= 4 is 0 Å². The van der Waals surface area contributed by atoms with E-state index in [1.807, 2.05) is 0 Å². The molecule has 1 heterocycles. The average molecular weight is 274 g/mol. The zero-order chi connectivity index (χ0) is 13.9. The van der Waals surface area contributed by atoms with Crippen LogP contribution in [0.3, 0.4) is 0 Å². The topological polar surface area (TPSA) is 48.1 Å². The Morgan fingerprint density at radius 2 is 1.95 bits per heavy atom. The van der Waals surface area contributed by atoms with Crippen LogP contribution >= 0.6 is 0 Å². The number of nitrogens with zero attached hydrogens (tertiary/aromatic N) is 1. The van der Waals surface area contributed by atoms with Gasteiger partial charge in [0, 0.05) is 12.1 Å². The summed E-state index contributed by atoms with van der Waals surface area (Å²) in [5.41, 5.74) is 5.06. The number of ether oxygens (including phenoxy) is 1. The molecule has 0 radical (unpaired) electrons. The van der Waals surface area contributed by atoms with Gasteiger partial charge in [-0.3, -0.25) is 0 Å². The van der Waals surface area contributed by atoms with Crippen molar-refractivity contribution in [2.45, 2.75) is 38.4 Å². The Balaban J connectivity index is 2.11. The Morgan fingerprint density at radius 3 is 2.53 bits per heavy atom.